The first kappa shape index (κ1) is 16.7. The topological polar surface area (TPSA) is 55.4 Å². The van der Waals surface area contributed by atoms with Crippen molar-refractivity contribution < 1.29 is 14.3 Å². The van der Waals surface area contributed by atoms with Crippen LogP contribution in [0.1, 0.15) is 44.9 Å². The third-order valence-electron chi connectivity index (χ3n) is 4.26. The van der Waals surface area contributed by atoms with Crippen molar-refractivity contribution in [3.63, 3.8) is 0 Å². The van der Waals surface area contributed by atoms with Crippen molar-refractivity contribution in [2.45, 2.75) is 32.1 Å². The van der Waals surface area contributed by atoms with Gasteiger partial charge in [-0.05, 0) is 42.4 Å². The summed E-state index contributed by atoms with van der Waals surface area (Å²) >= 11 is 1.49. The molecular formula is C19H21NO3S. The van der Waals surface area contributed by atoms with Gasteiger partial charge in [-0.3, -0.25) is 4.79 Å². The normalized spacial score (nSPS) is 14.0. The Kier molecular flexibility index (Phi) is 5.30. The Hall–Kier alpha value is -2.14. The van der Waals surface area contributed by atoms with Crippen molar-refractivity contribution >= 4 is 23.2 Å². The zero-order valence-corrected chi connectivity index (χ0v) is 14.5. The largest absolute Gasteiger partial charge is 0.451 e. The lowest BCUT2D eigenvalue weighted by Crippen LogP contribution is -2.31. The summed E-state index contributed by atoms with van der Waals surface area (Å²) in [7, 11) is 0. The van der Waals surface area contributed by atoms with E-state index in [0.717, 1.165) is 12.8 Å². The van der Waals surface area contributed by atoms with E-state index in [1.807, 2.05) is 36.4 Å². The molecule has 1 aromatic carbocycles. The molecule has 0 saturated heterocycles. The molecule has 1 heterocycles. The molecule has 2 aromatic rings. The number of fused-ring (bicyclic) bond motifs is 1. The number of hydrogen-bond acceptors (Lipinski definition) is 4. The zero-order chi connectivity index (χ0) is 16.9. The predicted octanol–water partition coefficient (Wildman–Crippen LogP) is 3.31. The van der Waals surface area contributed by atoms with Crippen LogP contribution in [0.2, 0.25) is 0 Å². The molecule has 0 radical (unpaired) electrons. The maximum absolute atomic E-state index is 12.0. The van der Waals surface area contributed by atoms with Gasteiger partial charge in [0.15, 0.2) is 6.61 Å². The summed E-state index contributed by atoms with van der Waals surface area (Å²) in [6, 6.07) is 11.9. The number of benzene rings is 1. The fourth-order valence-electron chi connectivity index (χ4n) is 2.85. The van der Waals surface area contributed by atoms with E-state index in [1.165, 1.54) is 33.8 Å². The van der Waals surface area contributed by atoms with E-state index in [-0.39, 0.29) is 18.4 Å². The first-order valence-electron chi connectivity index (χ1n) is 8.24. The first-order valence-corrected chi connectivity index (χ1v) is 9.05. The van der Waals surface area contributed by atoms with Gasteiger partial charge in [0.1, 0.15) is 4.88 Å². The van der Waals surface area contributed by atoms with Crippen LogP contribution in [-0.2, 0) is 22.4 Å². The van der Waals surface area contributed by atoms with E-state index in [4.69, 9.17) is 4.74 Å². The summed E-state index contributed by atoms with van der Waals surface area (Å²) in [6.07, 6.45) is 3.25. The van der Waals surface area contributed by atoms with Crippen molar-refractivity contribution in [1.29, 1.82) is 0 Å². The SMILES string of the molecule is CC(CNC(=O)COC(=O)c1cc2c(s1)CCC2)c1ccccc1. The Morgan fingerprint density at radius 3 is 2.79 bits per heavy atom. The van der Waals surface area contributed by atoms with Crippen LogP contribution in [-0.4, -0.2) is 25.0 Å². The third-order valence-corrected chi connectivity index (χ3v) is 5.47. The van der Waals surface area contributed by atoms with Crippen LogP contribution in [0.5, 0.6) is 0 Å². The van der Waals surface area contributed by atoms with Crippen LogP contribution in [0.15, 0.2) is 36.4 Å². The van der Waals surface area contributed by atoms with Crippen LogP contribution >= 0.6 is 11.3 Å². The molecule has 0 aliphatic heterocycles. The zero-order valence-electron chi connectivity index (χ0n) is 13.7. The fourth-order valence-corrected chi connectivity index (χ4v) is 4.00. The highest BCUT2D eigenvalue weighted by atomic mass is 32.1. The second-order valence-electron chi connectivity index (χ2n) is 6.10. The van der Waals surface area contributed by atoms with E-state index in [1.54, 1.807) is 0 Å². The molecule has 24 heavy (non-hydrogen) atoms. The molecule has 5 heteroatoms. The Bertz CT molecular complexity index is 702. The minimum atomic E-state index is -0.402. The van der Waals surface area contributed by atoms with Crippen molar-refractivity contribution in [3.05, 3.63) is 57.3 Å². The average molecular weight is 343 g/mol. The smallest absolute Gasteiger partial charge is 0.348 e. The summed E-state index contributed by atoms with van der Waals surface area (Å²) in [6.45, 7) is 2.34. The number of carbonyl (C=O) groups excluding carboxylic acids is 2. The van der Waals surface area contributed by atoms with Crippen LogP contribution in [0.4, 0.5) is 0 Å². The molecule has 3 rings (SSSR count). The molecule has 1 aliphatic carbocycles. The Morgan fingerprint density at radius 2 is 2.04 bits per heavy atom. The minimum absolute atomic E-state index is 0.214. The van der Waals surface area contributed by atoms with Gasteiger partial charge in [0.2, 0.25) is 0 Å². The van der Waals surface area contributed by atoms with Crippen LogP contribution in [0, 0.1) is 0 Å². The van der Waals surface area contributed by atoms with Crippen LogP contribution in [0.25, 0.3) is 0 Å². The van der Waals surface area contributed by atoms with Gasteiger partial charge in [-0.1, -0.05) is 37.3 Å². The van der Waals surface area contributed by atoms with Crippen molar-refractivity contribution in [2.75, 3.05) is 13.2 Å². The lowest BCUT2D eigenvalue weighted by atomic mass is 10.0. The minimum Gasteiger partial charge on any atom is -0.451 e. The molecule has 0 bridgehead atoms. The van der Waals surface area contributed by atoms with Gasteiger partial charge in [-0.15, -0.1) is 11.3 Å². The molecule has 0 fully saturated rings. The van der Waals surface area contributed by atoms with E-state index in [0.29, 0.717) is 11.4 Å². The summed E-state index contributed by atoms with van der Waals surface area (Å²) < 4.78 is 5.12. The Labute approximate surface area is 145 Å². The van der Waals surface area contributed by atoms with Gasteiger partial charge in [0, 0.05) is 11.4 Å². The van der Waals surface area contributed by atoms with Crippen LogP contribution < -0.4 is 5.32 Å². The lowest BCUT2D eigenvalue weighted by molar-refractivity contribution is -0.124. The maximum atomic E-state index is 12.0. The summed E-state index contributed by atoms with van der Waals surface area (Å²) in [4.78, 5) is 25.8. The monoisotopic (exact) mass is 343 g/mol. The molecule has 1 unspecified atom stereocenters. The molecule has 1 N–H and O–H groups in total. The molecule has 1 amide bonds. The number of ether oxygens (including phenoxy) is 1. The highest BCUT2D eigenvalue weighted by Crippen LogP contribution is 2.30. The van der Waals surface area contributed by atoms with Gasteiger partial charge < -0.3 is 10.1 Å². The molecule has 1 aliphatic rings. The van der Waals surface area contributed by atoms with Gasteiger partial charge in [0.05, 0.1) is 0 Å². The molecule has 0 spiro atoms. The third kappa shape index (κ3) is 4.03. The van der Waals surface area contributed by atoms with Crippen molar-refractivity contribution in [1.82, 2.24) is 5.32 Å². The number of aryl methyl sites for hydroxylation is 2. The van der Waals surface area contributed by atoms with E-state index < -0.39 is 5.97 Å². The summed E-state index contributed by atoms with van der Waals surface area (Å²) in [5.74, 6) is -0.456. The highest BCUT2D eigenvalue weighted by molar-refractivity contribution is 7.14. The predicted molar refractivity (Wildman–Crippen MR) is 94.5 cm³/mol. The Morgan fingerprint density at radius 1 is 1.25 bits per heavy atom. The van der Waals surface area contributed by atoms with Crippen LogP contribution in [0.3, 0.4) is 0 Å². The van der Waals surface area contributed by atoms with Crippen molar-refractivity contribution in [3.8, 4) is 0 Å². The standard InChI is InChI=1S/C19H21NO3S/c1-13(14-6-3-2-4-7-14)11-20-18(21)12-23-19(22)17-10-15-8-5-9-16(15)24-17/h2-4,6-7,10,13H,5,8-9,11-12H2,1H3,(H,20,21). The average Bonchev–Trinajstić information content (AvgIpc) is 3.20. The molecular weight excluding hydrogens is 322 g/mol. The van der Waals surface area contributed by atoms with Gasteiger partial charge in [-0.25, -0.2) is 4.79 Å². The van der Waals surface area contributed by atoms with Gasteiger partial charge in [-0.2, -0.15) is 0 Å². The van der Waals surface area contributed by atoms with E-state index in [2.05, 4.69) is 12.2 Å². The number of carbonyl (C=O) groups is 2. The number of amides is 1. The van der Waals surface area contributed by atoms with E-state index in [9.17, 15) is 9.59 Å². The highest BCUT2D eigenvalue weighted by Gasteiger charge is 2.20. The van der Waals surface area contributed by atoms with Gasteiger partial charge in [0.25, 0.3) is 5.91 Å². The van der Waals surface area contributed by atoms with E-state index >= 15 is 0 Å². The lowest BCUT2D eigenvalue weighted by Gasteiger charge is -2.13. The summed E-state index contributed by atoms with van der Waals surface area (Å²) in [5, 5.41) is 2.81. The number of hydrogen-bond donors (Lipinski definition) is 1. The fraction of sp³-hybridized carbons (Fsp3) is 0.368. The second kappa shape index (κ2) is 7.62. The number of nitrogens with one attached hydrogen (secondary N) is 1. The molecule has 126 valence electrons. The first-order chi connectivity index (χ1) is 11.6. The molecule has 1 atom stereocenters. The Balaban J connectivity index is 1.42. The quantitative estimate of drug-likeness (QED) is 0.819. The molecule has 4 nitrogen and oxygen atoms in total. The number of esters is 1. The number of thiophene rings is 1. The second-order valence-corrected chi connectivity index (χ2v) is 7.24. The molecule has 1 aromatic heterocycles. The summed E-state index contributed by atoms with van der Waals surface area (Å²) in [5.41, 5.74) is 2.43. The number of rotatable bonds is 6. The van der Waals surface area contributed by atoms with Crippen molar-refractivity contribution in [2.24, 2.45) is 0 Å². The molecule has 0 saturated carbocycles. The maximum Gasteiger partial charge on any atom is 0.348 e. The van der Waals surface area contributed by atoms with Gasteiger partial charge >= 0.3 is 5.97 Å².